The minimum Gasteiger partial charge on any atom is -0.334 e. The monoisotopic (exact) mass is 371 g/mol. The van der Waals surface area contributed by atoms with Gasteiger partial charge in [-0.2, -0.15) is 0 Å². The van der Waals surface area contributed by atoms with Gasteiger partial charge in [-0.05, 0) is 48.9 Å². The summed E-state index contributed by atoms with van der Waals surface area (Å²) in [5.41, 5.74) is 5.51. The molecule has 1 nitrogen and oxygen atoms in total. The van der Waals surface area contributed by atoms with Gasteiger partial charge in [0.05, 0.1) is 5.88 Å². The van der Waals surface area contributed by atoms with Crippen LogP contribution in [0, 0.1) is 0 Å². The van der Waals surface area contributed by atoms with Crippen LogP contribution in [0.4, 0.5) is 5.69 Å². The van der Waals surface area contributed by atoms with E-state index in [-0.39, 0.29) is 0 Å². The van der Waals surface area contributed by atoms with Crippen molar-refractivity contribution in [1.82, 2.24) is 0 Å². The highest BCUT2D eigenvalue weighted by Gasteiger charge is 2.25. The van der Waals surface area contributed by atoms with Crippen LogP contribution in [0.5, 0.6) is 0 Å². The molecule has 0 amide bonds. The first-order valence-corrected chi connectivity index (χ1v) is 10.7. The molecule has 0 saturated heterocycles. The minimum atomic E-state index is 1.12. The van der Waals surface area contributed by atoms with Crippen LogP contribution in [-0.2, 0) is 0 Å². The van der Waals surface area contributed by atoms with Crippen molar-refractivity contribution in [1.29, 1.82) is 0 Å². The molecule has 0 aromatic heterocycles. The molecule has 0 fully saturated rings. The van der Waals surface area contributed by atoms with E-state index >= 15 is 0 Å². The number of hydrogen-bond donors (Lipinski definition) is 0. The Morgan fingerprint density at radius 2 is 1.11 bits per heavy atom. The zero-order chi connectivity index (χ0) is 18.3. The Morgan fingerprint density at radius 1 is 0.593 bits per heavy atom. The van der Waals surface area contributed by atoms with Crippen molar-refractivity contribution in [2.75, 3.05) is 10.8 Å². The van der Waals surface area contributed by atoms with Crippen LogP contribution < -0.4 is 4.90 Å². The van der Waals surface area contributed by atoms with E-state index in [1.807, 2.05) is 23.9 Å². The molecule has 1 aliphatic carbocycles. The Morgan fingerprint density at radius 3 is 1.70 bits per heavy atom. The number of benzene rings is 3. The lowest BCUT2D eigenvalue weighted by Crippen LogP contribution is -2.18. The molecule has 3 aromatic carbocycles. The fourth-order valence-corrected chi connectivity index (χ4v) is 4.88. The van der Waals surface area contributed by atoms with E-state index in [4.69, 9.17) is 0 Å². The maximum Gasteiger partial charge on any atom is 0.0729 e. The van der Waals surface area contributed by atoms with Crippen molar-refractivity contribution in [2.24, 2.45) is 0 Å². The Bertz CT molecular complexity index is 834. The second-order valence-electron chi connectivity index (χ2n) is 6.85. The first-order chi connectivity index (χ1) is 13.4. The molecule has 2 aliphatic rings. The minimum absolute atomic E-state index is 1.12. The van der Waals surface area contributed by atoms with E-state index in [1.54, 1.807) is 10.6 Å². The predicted molar refractivity (Wildman–Crippen MR) is 119 cm³/mol. The molecule has 2 heteroatoms. The van der Waals surface area contributed by atoms with Crippen LogP contribution in [0.1, 0.15) is 25.7 Å². The first kappa shape index (κ1) is 17.9. The van der Waals surface area contributed by atoms with E-state index in [0.29, 0.717) is 0 Å². The lowest BCUT2D eigenvalue weighted by Gasteiger charge is -2.23. The smallest absolute Gasteiger partial charge is 0.0729 e. The summed E-state index contributed by atoms with van der Waals surface area (Å²) in [5, 5.41) is 0. The van der Waals surface area contributed by atoms with Gasteiger partial charge in [-0.1, -0.05) is 78.9 Å². The largest absolute Gasteiger partial charge is 0.334 e. The summed E-state index contributed by atoms with van der Waals surface area (Å²) in [4.78, 5) is 4.13. The van der Waals surface area contributed by atoms with Gasteiger partial charge in [-0.25, -0.2) is 0 Å². The van der Waals surface area contributed by atoms with Gasteiger partial charge in [-0.3, -0.25) is 0 Å². The summed E-state index contributed by atoms with van der Waals surface area (Å²) in [5.74, 6) is 1.12. The van der Waals surface area contributed by atoms with Crippen molar-refractivity contribution in [2.45, 2.75) is 25.7 Å². The van der Waals surface area contributed by atoms with Crippen molar-refractivity contribution in [3.8, 4) is 11.1 Å². The Balaban J connectivity index is 0.000000137. The summed E-state index contributed by atoms with van der Waals surface area (Å²) < 4.78 is 0. The molecule has 0 unspecified atom stereocenters. The average molecular weight is 372 g/mol. The number of para-hydroxylation sites is 1. The van der Waals surface area contributed by atoms with Crippen molar-refractivity contribution in [3.05, 3.63) is 102 Å². The van der Waals surface area contributed by atoms with E-state index in [9.17, 15) is 0 Å². The highest BCUT2D eigenvalue weighted by Crippen LogP contribution is 2.43. The predicted octanol–water partition coefficient (Wildman–Crippen LogP) is 7.34. The number of anilines is 1. The van der Waals surface area contributed by atoms with E-state index < -0.39 is 0 Å². The third-order valence-corrected chi connectivity index (χ3v) is 6.21. The van der Waals surface area contributed by atoms with Gasteiger partial charge in [-0.15, -0.1) is 11.8 Å². The molecule has 27 heavy (non-hydrogen) atoms. The molecule has 0 bridgehead atoms. The Labute approximate surface area is 166 Å². The Kier molecular flexibility index (Phi) is 5.96. The highest BCUT2D eigenvalue weighted by molar-refractivity contribution is 8.03. The third-order valence-electron chi connectivity index (χ3n) is 5.03. The summed E-state index contributed by atoms with van der Waals surface area (Å²) in [6.07, 6.45) is 5.33. The van der Waals surface area contributed by atoms with Gasteiger partial charge in [0.2, 0.25) is 0 Å². The van der Waals surface area contributed by atoms with Gasteiger partial charge < -0.3 is 4.90 Å². The van der Waals surface area contributed by atoms with Crippen LogP contribution in [0.2, 0.25) is 0 Å². The van der Waals surface area contributed by atoms with Crippen molar-refractivity contribution < 1.29 is 0 Å². The summed E-state index contributed by atoms with van der Waals surface area (Å²) in [7, 11) is 0. The molecule has 1 heterocycles. The van der Waals surface area contributed by atoms with Crippen LogP contribution in [0.15, 0.2) is 102 Å². The maximum atomic E-state index is 2.49. The molecular weight excluding hydrogens is 346 g/mol. The quantitative estimate of drug-likeness (QED) is 0.464. The standard InChI is InChI=1S/C13H15NS.C12H10/c1-2-6-11(7-3-1)14-10-15-13-9-5-4-8-12(13)14;1-3-7-11(8-4-1)12-9-5-2-6-10-12/h1-3,6-7H,4-5,8-10H2;1-10H. The molecular formula is C25H25NS. The molecule has 0 spiro atoms. The second-order valence-corrected chi connectivity index (χ2v) is 7.89. The SMILES string of the molecule is c1ccc(-c2ccccc2)cc1.c1ccc(N2CSC3=C2CCCC3)cc1. The molecule has 3 aromatic rings. The molecule has 5 rings (SSSR count). The van der Waals surface area contributed by atoms with E-state index in [0.717, 1.165) is 5.88 Å². The summed E-state index contributed by atoms with van der Waals surface area (Å²) in [6.45, 7) is 0. The van der Waals surface area contributed by atoms with Gasteiger partial charge in [0.1, 0.15) is 0 Å². The number of nitrogens with zero attached hydrogens (tertiary/aromatic N) is 1. The average Bonchev–Trinajstić information content (AvgIpc) is 3.20. The zero-order valence-corrected chi connectivity index (χ0v) is 16.4. The number of rotatable bonds is 2. The van der Waals surface area contributed by atoms with Crippen LogP contribution in [-0.4, -0.2) is 5.88 Å². The molecule has 1 aliphatic heterocycles. The van der Waals surface area contributed by atoms with Crippen molar-refractivity contribution in [3.63, 3.8) is 0 Å². The molecule has 136 valence electrons. The Hall–Kier alpha value is -2.45. The molecule has 0 radical (unpaired) electrons. The number of hydrogen-bond acceptors (Lipinski definition) is 2. The summed E-state index contributed by atoms with van der Waals surface area (Å²) >= 11 is 2.03. The second kappa shape index (κ2) is 8.96. The first-order valence-electron chi connectivity index (χ1n) is 9.70. The maximum absolute atomic E-state index is 2.49. The van der Waals surface area contributed by atoms with Crippen LogP contribution in [0.25, 0.3) is 11.1 Å². The molecule has 0 N–H and O–H groups in total. The zero-order valence-electron chi connectivity index (χ0n) is 15.6. The summed E-state index contributed by atoms with van der Waals surface area (Å²) in [6, 6.07) is 31.5. The normalized spacial score (nSPS) is 15.8. The fraction of sp³-hybridized carbons (Fsp3) is 0.200. The van der Waals surface area contributed by atoms with Gasteiger partial charge in [0.25, 0.3) is 0 Å². The van der Waals surface area contributed by atoms with Gasteiger partial charge >= 0.3 is 0 Å². The highest BCUT2D eigenvalue weighted by atomic mass is 32.2. The number of thioether (sulfide) groups is 1. The van der Waals surface area contributed by atoms with E-state index in [1.165, 1.54) is 42.5 Å². The van der Waals surface area contributed by atoms with Crippen LogP contribution >= 0.6 is 11.8 Å². The van der Waals surface area contributed by atoms with Crippen molar-refractivity contribution >= 4 is 17.4 Å². The van der Waals surface area contributed by atoms with E-state index in [2.05, 4.69) is 83.8 Å². The molecule has 0 saturated carbocycles. The third kappa shape index (κ3) is 4.45. The lowest BCUT2D eigenvalue weighted by atomic mass is 10.0. The fourth-order valence-electron chi connectivity index (χ4n) is 3.62. The molecule has 0 atom stereocenters. The van der Waals surface area contributed by atoms with Crippen LogP contribution in [0.3, 0.4) is 0 Å². The lowest BCUT2D eigenvalue weighted by molar-refractivity contribution is 0.684. The van der Waals surface area contributed by atoms with Gasteiger partial charge in [0, 0.05) is 16.3 Å². The topological polar surface area (TPSA) is 3.24 Å². The number of allylic oxidation sites excluding steroid dienone is 2. The van der Waals surface area contributed by atoms with Gasteiger partial charge in [0.15, 0.2) is 0 Å².